The Morgan fingerprint density at radius 1 is 0.811 bits per heavy atom. The van der Waals surface area contributed by atoms with E-state index in [1.807, 2.05) is 0 Å². The van der Waals surface area contributed by atoms with Gasteiger partial charge in [-0.15, -0.1) is 0 Å². The quantitative estimate of drug-likeness (QED) is 0.204. The second-order valence-corrected chi connectivity index (χ2v) is 14.3. The van der Waals surface area contributed by atoms with Crippen molar-refractivity contribution in [3.63, 3.8) is 0 Å². The van der Waals surface area contributed by atoms with Crippen molar-refractivity contribution < 1.29 is 14.0 Å². The van der Waals surface area contributed by atoms with E-state index in [0.717, 1.165) is 66.1 Å². The molecule has 1 aliphatic rings. The highest BCUT2D eigenvalue weighted by Crippen LogP contribution is 2.45. The van der Waals surface area contributed by atoms with Gasteiger partial charge in [0.1, 0.15) is 30.3 Å². The molecule has 0 amide bonds. The van der Waals surface area contributed by atoms with Crippen molar-refractivity contribution >= 4 is 0 Å². The predicted molar refractivity (Wildman–Crippen MR) is 161 cm³/mol. The maximum absolute atomic E-state index is 6.82. The summed E-state index contributed by atoms with van der Waals surface area (Å²) in [5.41, 5.74) is 5.12. The third-order valence-electron chi connectivity index (χ3n) is 8.85. The van der Waals surface area contributed by atoms with Crippen molar-refractivity contribution in [2.75, 3.05) is 34.3 Å². The van der Waals surface area contributed by atoms with E-state index < -0.39 is 0 Å². The fourth-order valence-electron chi connectivity index (χ4n) is 5.90. The summed E-state index contributed by atoms with van der Waals surface area (Å²) in [6, 6.07) is 0. The average Bonchev–Trinajstić information content (AvgIpc) is 2.78. The maximum atomic E-state index is 6.82. The van der Waals surface area contributed by atoms with E-state index in [2.05, 4.69) is 76.5 Å². The Hall–Kier alpha value is -1.22. The molecule has 0 fully saturated rings. The Morgan fingerprint density at radius 3 is 1.95 bits per heavy atom. The maximum Gasteiger partial charge on any atom is 0.137 e. The van der Waals surface area contributed by atoms with Gasteiger partial charge in [-0.25, -0.2) is 0 Å². The summed E-state index contributed by atoms with van der Waals surface area (Å²) in [6.07, 6.45) is 14.3. The monoisotopic (exact) mass is 516 g/mol. The fraction of sp³-hybridized carbons (Fsp3) is 0.824. The lowest BCUT2D eigenvalue weighted by molar-refractivity contribution is -0.870. The van der Waals surface area contributed by atoms with Gasteiger partial charge in [-0.05, 0) is 87.8 Å². The van der Waals surface area contributed by atoms with Gasteiger partial charge in [-0.1, -0.05) is 72.6 Å². The van der Waals surface area contributed by atoms with E-state index >= 15 is 0 Å². The largest absolute Gasteiger partial charge is 0.487 e. The summed E-state index contributed by atoms with van der Waals surface area (Å²) >= 11 is 0. The Bertz CT molecular complexity index is 837. The van der Waals surface area contributed by atoms with Gasteiger partial charge in [0.05, 0.1) is 21.1 Å². The van der Waals surface area contributed by atoms with E-state index in [4.69, 9.17) is 9.47 Å². The lowest BCUT2D eigenvalue weighted by Crippen LogP contribution is -2.38. The van der Waals surface area contributed by atoms with Crippen LogP contribution in [0.5, 0.6) is 11.5 Å². The van der Waals surface area contributed by atoms with Gasteiger partial charge in [-0.3, -0.25) is 0 Å². The predicted octanol–water partition coefficient (Wildman–Crippen LogP) is 9.22. The van der Waals surface area contributed by atoms with Crippen LogP contribution < -0.4 is 9.47 Å². The lowest BCUT2D eigenvalue weighted by Gasteiger charge is -2.38. The van der Waals surface area contributed by atoms with Crippen LogP contribution in [0.25, 0.3) is 0 Å². The number of quaternary nitrogens is 1. The molecular formula is C34H62NO2+. The fourth-order valence-corrected chi connectivity index (χ4v) is 5.90. The molecule has 1 aromatic carbocycles. The van der Waals surface area contributed by atoms with E-state index in [1.165, 1.54) is 73.6 Å². The van der Waals surface area contributed by atoms with Gasteiger partial charge in [0.2, 0.25) is 0 Å². The van der Waals surface area contributed by atoms with Crippen LogP contribution in [0.2, 0.25) is 0 Å². The van der Waals surface area contributed by atoms with Gasteiger partial charge in [0.15, 0.2) is 0 Å². The highest BCUT2D eigenvalue weighted by Gasteiger charge is 2.34. The summed E-state index contributed by atoms with van der Waals surface area (Å²) in [5.74, 6) is 4.78. The summed E-state index contributed by atoms with van der Waals surface area (Å²) in [7, 11) is 6.65. The molecule has 0 saturated carbocycles. The van der Waals surface area contributed by atoms with Crippen molar-refractivity contribution in [3.8, 4) is 11.5 Å². The zero-order chi connectivity index (χ0) is 27.8. The summed E-state index contributed by atoms with van der Waals surface area (Å²) in [5, 5.41) is 0. The second-order valence-electron chi connectivity index (χ2n) is 14.3. The van der Waals surface area contributed by atoms with Gasteiger partial charge in [-0.2, -0.15) is 0 Å². The highest BCUT2D eigenvalue weighted by atomic mass is 16.5. The van der Waals surface area contributed by atoms with Crippen LogP contribution in [-0.2, 0) is 6.42 Å². The standard InChI is InChI=1S/C34H62NO2/c1-25(2)15-12-16-26(3)17-13-18-27(4)19-14-21-34(8)22-20-31-30(7)32(36-24-23-35(9,10)11)28(5)29(6)33(31)37-34/h25-27H,12-24H2,1-11H3/q+1. The van der Waals surface area contributed by atoms with Crippen molar-refractivity contribution in [2.45, 2.75) is 132 Å². The number of rotatable bonds is 16. The molecule has 3 atom stereocenters. The molecule has 3 nitrogen and oxygen atoms in total. The Kier molecular flexibility index (Phi) is 12.3. The first-order valence-corrected chi connectivity index (χ1v) is 15.5. The first-order valence-electron chi connectivity index (χ1n) is 15.5. The summed E-state index contributed by atoms with van der Waals surface area (Å²) in [6.45, 7) is 20.3. The highest BCUT2D eigenvalue weighted by molar-refractivity contribution is 5.59. The molecular weight excluding hydrogens is 454 g/mol. The molecule has 1 aromatic rings. The number of benzene rings is 1. The van der Waals surface area contributed by atoms with E-state index in [-0.39, 0.29) is 5.60 Å². The average molecular weight is 517 g/mol. The van der Waals surface area contributed by atoms with Gasteiger partial charge < -0.3 is 14.0 Å². The third kappa shape index (κ3) is 10.5. The number of hydrogen-bond donors (Lipinski definition) is 0. The molecule has 1 heterocycles. The smallest absolute Gasteiger partial charge is 0.137 e. The Labute approximate surface area is 231 Å². The number of hydrogen-bond acceptors (Lipinski definition) is 2. The van der Waals surface area contributed by atoms with Crippen LogP contribution in [-0.4, -0.2) is 44.4 Å². The molecule has 0 N–H and O–H groups in total. The molecule has 0 spiro atoms. The molecule has 3 unspecified atom stereocenters. The third-order valence-corrected chi connectivity index (χ3v) is 8.85. The summed E-state index contributed by atoms with van der Waals surface area (Å²) < 4.78 is 14.1. The number of fused-ring (bicyclic) bond motifs is 1. The lowest BCUT2D eigenvalue weighted by atomic mass is 9.83. The normalized spacial score (nSPS) is 19.5. The van der Waals surface area contributed by atoms with Crippen LogP contribution in [0.15, 0.2) is 0 Å². The Balaban J connectivity index is 1.84. The van der Waals surface area contributed by atoms with Crippen LogP contribution in [0.4, 0.5) is 0 Å². The molecule has 0 saturated heterocycles. The zero-order valence-corrected chi connectivity index (χ0v) is 26.7. The first kappa shape index (κ1) is 32.0. The topological polar surface area (TPSA) is 18.5 Å². The molecule has 3 heteroatoms. The van der Waals surface area contributed by atoms with Crippen molar-refractivity contribution in [2.24, 2.45) is 17.8 Å². The minimum absolute atomic E-state index is 0.0482. The van der Waals surface area contributed by atoms with Crippen LogP contribution in [0.1, 0.15) is 121 Å². The molecule has 214 valence electrons. The van der Waals surface area contributed by atoms with Crippen LogP contribution in [0.3, 0.4) is 0 Å². The van der Waals surface area contributed by atoms with Crippen LogP contribution in [0, 0.1) is 38.5 Å². The van der Waals surface area contributed by atoms with Gasteiger partial charge in [0.25, 0.3) is 0 Å². The van der Waals surface area contributed by atoms with Crippen molar-refractivity contribution in [1.82, 2.24) is 0 Å². The number of likely N-dealkylation sites (N-methyl/N-ethyl adjacent to an activating group) is 1. The molecule has 0 radical (unpaired) electrons. The van der Waals surface area contributed by atoms with E-state index in [0.29, 0.717) is 0 Å². The molecule has 1 aliphatic heterocycles. The minimum atomic E-state index is -0.0482. The number of nitrogens with zero attached hydrogens (tertiary/aromatic N) is 1. The van der Waals surface area contributed by atoms with E-state index in [9.17, 15) is 0 Å². The second kappa shape index (κ2) is 14.2. The van der Waals surface area contributed by atoms with Crippen molar-refractivity contribution in [1.29, 1.82) is 0 Å². The SMILES string of the molecule is Cc1c(C)c2c(c(C)c1OCC[N+](C)(C)C)CCC(C)(CCCC(C)CCCC(C)CCCC(C)C)O2. The molecule has 2 rings (SSSR count). The molecule has 0 aromatic heterocycles. The molecule has 0 bridgehead atoms. The first-order chi connectivity index (χ1) is 17.2. The van der Waals surface area contributed by atoms with Crippen molar-refractivity contribution in [3.05, 3.63) is 22.3 Å². The summed E-state index contributed by atoms with van der Waals surface area (Å²) in [4.78, 5) is 0. The van der Waals surface area contributed by atoms with Gasteiger partial charge in [0, 0.05) is 5.56 Å². The zero-order valence-electron chi connectivity index (χ0n) is 26.7. The Morgan fingerprint density at radius 2 is 1.38 bits per heavy atom. The van der Waals surface area contributed by atoms with E-state index in [1.54, 1.807) is 0 Å². The molecule has 0 aliphatic carbocycles. The molecule has 37 heavy (non-hydrogen) atoms. The number of ether oxygens (including phenoxy) is 2. The minimum Gasteiger partial charge on any atom is -0.487 e. The van der Waals surface area contributed by atoms with Crippen LogP contribution >= 0.6 is 0 Å². The van der Waals surface area contributed by atoms with Gasteiger partial charge >= 0.3 is 0 Å².